The van der Waals surface area contributed by atoms with Crippen LogP contribution in [-0.4, -0.2) is 26.7 Å². The third-order valence-electron chi connectivity index (χ3n) is 2.62. The molecule has 1 heterocycles. The van der Waals surface area contributed by atoms with Gasteiger partial charge in [0, 0.05) is 25.7 Å². The van der Waals surface area contributed by atoms with Crippen molar-refractivity contribution < 1.29 is 9.13 Å². The molecule has 1 saturated heterocycles. The summed E-state index contributed by atoms with van der Waals surface area (Å²) in [6.07, 6.45) is 0. The zero-order chi connectivity index (χ0) is 10.7. The molecule has 0 bridgehead atoms. The Balaban J connectivity index is 2.20. The second kappa shape index (κ2) is 4.59. The number of ether oxygens (including phenoxy) is 1. The summed E-state index contributed by atoms with van der Waals surface area (Å²) in [4.78, 5) is 0. The number of nitrogens with one attached hydrogen (secondary N) is 2. The van der Waals surface area contributed by atoms with E-state index in [9.17, 15) is 4.39 Å². The summed E-state index contributed by atoms with van der Waals surface area (Å²) in [6.45, 7) is 2.79. The van der Waals surface area contributed by atoms with E-state index in [1.165, 1.54) is 13.2 Å². The van der Waals surface area contributed by atoms with Crippen molar-refractivity contribution in [1.82, 2.24) is 10.6 Å². The molecule has 1 aliphatic rings. The summed E-state index contributed by atoms with van der Waals surface area (Å²) < 4.78 is 18.1. The van der Waals surface area contributed by atoms with E-state index in [2.05, 4.69) is 10.6 Å². The molecule has 0 aromatic heterocycles. The number of hydrogen-bond donors (Lipinski definition) is 2. The highest BCUT2D eigenvalue weighted by molar-refractivity contribution is 5.32. The fourth-order valence-corrected chi connectivity index (χ4v) is 1.78. The topological polar surface area (TPSA) is 33.3 Å². The predicted molar refractivity (Wildman–Crippen MR) is 56.6 cm³/mol. The van der Waals surface area contributed by atoms with Crippen molar-refractivity contribution >= 4 is 0 Å². The van der Waals surface area contributed by atoms with E-state index in [4.69, 9.17) is 4.74 Å². The Labute approximate surface area is 88.6 Å². The van der Waals surface area contributed by atoms with Crippen molar-refractivity contribution in [3.8, 4) is 5.75 Å². The third kappa shape index (κ3) is 2.27. The first kappa shape index (κ1) is 10.4. The predicted octanol–water partition coefficient (Wildman–Crippen LogP) is 1.07. The van der Waals surface area contributed by atoms with Gasteiger partial charge in [-0.05, 0) is 17.7 Å². The van der Waals surface area contributed by atoms with Crippen LogP contribution in [0.1, 0.15) is 11.6 Å². The number of rotatable bonds is 2. The largest absolute Gasteiger partial charge is 0.494 e. The highest BCUT2D eigenvalue weighted by Gasteiger charge is 2.15. The van der Waals surface area contributed by atoms with Crippen LogP contribution in [0.5, 0.6) is 5.75 Å². The monoisotopic (exact) mass is 210 g/mol. The maximum atomic E-state index is 13.2. The van der Waals surface area contributed by atoms with Crippen molar-refractivity contribution in [3.05, 3.63) is 29.6 Å². The maximum absolute atomic E-state index is 13.2. The van der Waals surface area contributed by atoms with Crippen LogP contribution in [0.25, 0.3) is 0 Å². The first-order chi connectivity index (χ1) is 7.31. The highest BCUT2D eigenvalue weighted by atomic mass is 19.1. The Hall–Kier alpha value is -1.13. The Kier molecular flexibility index (Phi) is 3.18. The zero-order valence-electron chi connectivity index (χ0n) is 8.72. The lowest BCUT2D eigenvalue weighted by molar-refractivity contribution is 0.382. The summed E-state index contributed by atoms with van der Waals surface area (Å²) in [5.41, 5.74) is 1.06. The molecule has 1 atom stereocenters. The molecular weight excluding hydrogens is 195 g/mol. The minimum Gasteiger partial charge on any atom is -0.494 e. The molecule has 1 aliphatic heterocycles. The van der Waals surface area contributed by atoms with Crippen LogP contribution in [0.15, 0.2) is 18.2 Å². The average molecular weight is 210 g/mol. The second-order valence-electron chi connectivity index (χ2n) is 3.60. The van der Waals surface area contributed by atoms with Crippen molar-refractivity contribution in [2.24, 2.45) is 0 Å². The Morgan fingerprint density at radius 2 is 2.27 bits per heavy atom. The fraction of sp³-hybridized carbons (Fsp3) is 0.455. The second-order valence-corrected chi connectivity index (χ2v) is 3.60. The van der Waals surface area contributed by atoms with Crippen molar-refractivity contribution in [2.45, 2.75) is 6.04 Å². The molecule has 1 aromatic rings. The first-order valence-corrected chi connectivity index (χ1v) is 5.09. The lowest BCUT2D eigenvalue weighted by atomic mass is 10.1. The van der Waals surface area contributed by atoms with E-state index in [1.54, 1.807) is 12.1 Å². The summed E-state index contributed by atoms with van der Waals surface area (Å²) in [5, 5.41) is 6.65. The molecule has 4 heteroatoms. The Morgan fingerprint density at radius 1 is 1.40 bits per heavy atom. The molecule has 1 unspecified atom stereocenters. The van der Waals surface area contributed by atoms with Gasteiger partial charge in [-0.3, -0.25) is 0 Å². The van der Waals surface area contributed by atoms with Gasteiger partial charge in [-0.25, -0.2) is 4.39 Å². The summed E-state index contributed by atoms with van der Waals surface area (Å²) >= 11 is 0. The van der Waals surface area contributed by atoms with Gasteiger partial charge < -0.3 is 15.4 Å². The minimum atomic E-state index is -0.315. The fourth-order valence-electron chi connectivity index (χ4n) is 1.78. The van der Waals surface area contributed by atoms with Gasteiger partial charge >= 0.3 is 0 Å². The maximum Gasteiger partial charge on any atom is 0.165 e. The average Bonchev–Trinajstić information content (AvgIpc) is 2.31. The normalized spacial score (nSPS) is 21.3. The molecule has 2 N–H and O–H groups in total. The molecule has 0 aliphatic carbocycles. The Bertz CT molecular complexity index is 337. The van der Waals surface area contributed by atoms with Crippen molar-refractivity contribution in [2.75, 3.05) is 26.7 Å². The van der Waals surface area contributed by atoms with E-state index in [0.29, 0.717) is 5.75 Å². The van der Waals surface area contributed by atoms with E-state index < -0.39 is 0 Å². The molecule has 0 amide bonds. The Morgan fingerprint density at radius 3 is 2.93 bits per heavy atom. The van der Waals surface area contributed by atoms with Crippen LogP contribution >= 0.6 is 0 Å². The molecule has 0 saturated carbocycles. The molecule has 15 heavy (non-hydrogen) atoms. The number of hydrogen-bond acceptors (Lipinski definition) is 3. The van der Waals surface area contributed by atoms with Crippen LogP contribution in [-0.2, 0) is 0 Å². The van der Waals surface area contributed by atoms with Gasteiger partial charge in [0.25, 0.3) is 0 Å². The molecule has 2 rings (SSSR count). The number of methoxy groups -OCH3 is 1. The van der Waals surface area contributed by atoms with Gasteiger partial charge in [0.05, 0.1) is 7.11 Å². The van der Waals surface area contributed by atoms with Crippen molar-refractivity contribution in [1.29, 1.82) is 0 Å². The van der Waals surface area contributed by atoms with Crippen molar-refractivity contribution in [3.63, 3.8) is 0 Å². The van der Waals surface area contributed by atoms with Crippen LogP contribution in [0.3, 0.4) is 0 Å². The summed E-state index contributed by atoms with van der Waals surface area (Å²) in [7, 11) is 1.48. The van der Waals surface area contributed by atoms with E-state index in [0.717, 1.165) is 25.2 Å². The smallest absolute Gasteiger partial charge is 0.165 e. The van der Waals surface area contributed by atoms with Gasteiger partial charge in [0.2, 0.25) is 0 Å². The van der Waals surface area contributed by atoms with E-state index >= 15 is 0 Å². The van der Waals surface area contributed by atoms with Crippen LogP contribution in [0, 0.1) is 5.82 Å². The van der Waals surface area contributed by atoms with Gasteiger partial charge in [-0.2, -0.15) is 0 Å². The SMILES string of the molecule is COc1cc(C2CNCCN2)ccc1F. The molecule has 0 spiro atoms. The summed E-state index contributed by atoms with van der Waals surface area (Å²) in [5.74, 6) is -0.00936. The lowest BCUT2D eigenvalue weighted by Crippen LogP contribution is -2.42. The number of halogens is 1. The minimum absolute atomic E-state index is 0.244. The van der Waals surface area contributed by atoms with Crippen LogP contribution in [0.4, 0.5) is 4.39 Å². The third-order valence-corrected chi connectivity index (χ3v) is 2.62. The van der Waals surface area contributed by atoms with Gasteiger partial charge in [-0.15, -0.1) is 0 Å². The molecular formula is C11H15FN2O. The van der Waals surface area contributed by atoms with Crippen LogP contribution in [0.2, 0.25) is 0 Å². The van der Waals surface area contributed by atoms with Gasteiger partial charge in [0.1, 0.15) is 0 Å². The van der Waals surface area contributed by atoms with E-state index in [-0.39, 0.29) is 11.9 Å². The summed E-state index contributed by atoms with van der Waals surface area (Å²) in [6, 6.07) is 5.24. The lowest BCUT2D eigenvalue weighted by Gasteiger charge is -2.25. The standard InChI is InChI=1S/C11H15FN2O/c1-15-11-6-8(2-3-9(11)12)10-7-13-4-5-14-10/h2-3,6,10,13-14H,4-5,7H2,1H3. The van der Waals surface area contributed by atoms with Gasteiger partial charge in [-0.1, -0.05) is 6.07 Å². The molecule has 1 aromatic carbocycles. The number of benzene rings is 1. The highest BCUT2D eigenvalue weighted by Crippen LogP contribution is 2.22. The molecule has 82 valence electrons. The molecule has 1 fully saturated rings. The zero-order valence-corrected chi connectivity index (χ0v) is 8.72. The first-order valence-electron chi connectivity index (χ1n) is 5.09. The number of piperazine rings is 1. The quantitative estimate of drug-likeness (QED) is 0.766. The molecule has 3 nitrogen and oxygen atoms in total. The van der Waals surface area contributed by atoms with Gasteiger partial charge in [0.15, 0.2) is 11.6 Å². The molecule has 0 radical (unpaired) electrons. The van der Waals surface area contributed by atoms with E-state index in [1.807, 2.05) is 0 Å². The van der Waals surface area contributed by atoms with Crippen LogP contribution < -0.4 is 15.4 Å².